The number of aryl methyl sites for hydroxylation is 1. The summed E-state index contributed by atoms with van der Waals surface area (Å²) in [6.07, 6.45) is 4.17. The van der Waals surface area contributed by atoms with Crippen LogP contribution in [0.3, 0.4) is 0 Å². The number of carbonyl (C=O) groups excluding carboxylic acids is 1. The number of anilines is 2. The smallest absolute Gasteiger partial charge is 0.254 e. The number of hydrogen-bond donors (Lipinski definition) is 1. The first-order valence-electron chi connectivity index (χ1n) is 9.15. The molecule has 5 heteroatoms. The lowest BCUT2D eigenvalue weighted by Gasteiger charge is -2.22. The Bertz CT molecular complexity index is 951. The van der Waals surface area contributed by atoms with Crippen LogP contribution in [0, 0.1) is 6.92 Å². The first kappa shape index (κ1) is 17.2. The van der Waals surface area contributed by atoms with E-state index < -0.39 is 0 Å². The second-order valence-electron chi connectivity index (χ2n) is 6.99. The Morgan fingerprint density at radius 1 is 1.11 bits per heavy atom. The van der Waals surface area contributed by atoms with E-state index in [9.17, 15) is 4.79 Å². The highest BCUT2D eigenvalue weighted by Gasteiger charge is 2.28. The van der Waals surface area contributed by atoms with Crippen LogP contribution in [0.2, 0.25) is 0 Å². The van der Waals surface area contributed by atoms with Gasteiger partial charge in [0.25, 0.3) is 5.91 Å². The van der Waals surface area contributed by atoms with Crippen LogP contribution in [-0.4, -0.2) is 21.9 Å². The van der Waals surface area contributed by atoms with E-state index in [1.807, 2.05) is 37.3 Å². The zero-order valence-corrected chi connectivity index (χ0v) is 15.5. The third kappa shape index (κ3) is 3.53. The second kappa shape index (κ2) is 7.19. The monoisotopic (exact) mass is 358 g/mol. The number of nitrogens with one attached hydrogen (secondary N) is 1. The van der Waals surface area contributed by atoms with Crippen molar-refractivity contribution in [3.8, 4) is 0 Å². The molecule has 1 amide bonds. The van der Waals surface area contributed by atoms with Crippen molar-refractivity contribution in [2.24, 2.45) is 0 Å². The van der Waals surface area contributed by atoms with Crippen molar-refractivity contribution in [3.63, 3.8) is 0 Å². The van der Waals surface area contributed by atoms with Gasteiger partial charge in [-0.3, -0.25) is 4.79 Å². The van der Waals surface area contributed by atoms with Crippen molar-refractivity contribution in [3.05, 3.63) is 83.2 Å². The molecular formula is C22H22N4O. The van der Waals surface area contributed by atoms with Gasteiger partial charge in [0.1, 0.15) is 0 Å². The number of aromatic nitrogens is 2. The van der Waals surface area contributed by atoms with Crippen LogP contribution < -0.4 is 10.2 Å². The number of rotatable bonds is 4. The molecule has 136 valence electrons. The van der Waals surface area contributed by atoms with Gasteiger partial charge in [-0.15, -0.1) is 0 Å². The van der Waals surface area contributed by atoms with E-state index in [1.54, 1.807) is 12.4 Å². The number of benzene rings is 2. The van der Waals surface area contributed by atoms with E-state index in [2.05, 4.69) is 45.3 Å². The third-order valence-corrected chi connectivity index (χ3v) is 4.90. The molecule has 1 aliphatic heterocycles. The van der Waals surface area contributed by atoms with Crippen molar-refractivity contribution < 1.29 is 4.79 Å². The fourth-order valence-corrected chi connectivity index (χ4v) is 3.42. The van der Waals surface area contributed by atoms with Crippen molar-refractivity contribution in [1.82, 2.24) is 15.3 Å². The maximum Gasteiger partial charge on any atom is 0.254 e. The van der Waals surface area contributed by atoms with Crippen LogP contribution in [-0.2, 0) is 13.0 Å². The van der Waals surface area contributed by atoms with Gasteiger partial charge >= 0.3 is 0 Å². The fourth-order valence-electron chi connectivity index (χ4n) is 3.42. The van der Waals surface area contributed by atoms with Gasteiger partial charge in [0.2, 0.25) is 5.95 Å². The Labute approximate surface area is 159 Å². The van der Waals surface area contributed by atoms with Crippen LogP contribution in [0.5, 0.6) is 0 Å². The molecule has 0 aliphatic carbocycles. The van der Waals surface area contributed by atoms with Crippen molar-refractivity contribution in [2.45, 2.75) is 32.9 Å². The van der Waals surface area contributed by atoms with Crippen molar-refractivity contribution >= 4 is 17.5 Å². The number of nitrogens with zero attached hydrogens (tertiary/aromatic N) is 3. The summed E-state index contributed by atoms with van der Waals surface area (Å²) < 4.78 is 0. The van der Waals surface area contributed by atoms with Crippen LogP contribution in [0.1, 0.15) is 34.0 Å². The van der Waals surface area contributed by atoms with Gasteiger partial charge in [0.15, 0.2) is 0 Å². The summed E-state index contributed by atoms with van der Waals surface area (Å²) in [6.45, 7) is 4.68. The minimum atomic E-state index is -0.169. The van der Waals surface area contributed by atoms with E-state index in [4.69, 9.17) is 0 Å². The summed E-state index contributed by atoms with van der Waals surface area (Å²) in [4.78, 5) is 23.4. The standard InChI is InChI=1S/C22H22N4O/c1-15-7-9-17(10-8-15)12-23-21(27)19-13-24-22(25-14-19)26-16(2)11-18-5-3-4-6-20(18)26/h3-10,13-14,16H,11-12H2,1-2H3,(H,23,27). The lowest BCUT2D eigenvalue weighted by molar-refractivity contribution is 0.0950. The first-order valence-corrected chi connectivity index (χ1v) is 9.15. The molecular weight excluding hydrogens is 336 g/mol. The number of hydrogen-bond acceptors (Lipinski definition) is 4. The summed E-state index contributed by atoms with van der Waals surface area (Å²) in [5, 5.41) is 2.92. The lowest BCUT2D eigenvalue weighted by atomic mass is 10.1. The van der Waals surface area contributed by atoms with E-state index in [0.717, 1.165) is 17.7 Å². The molecule has 2 aromatic carbocycles. The van der Waals surface area contributed by atoms with Gasteiger partial charge in [0.05, 0.1) is 5.56 Å². The minimum absolute atomic E-state index is 0.169. The molecule has 1 atom stereocenters. The van der Waals surface area contributed by atoms with E-state index in [1.165, 1.54) is 11.1 Å². The summed E-state index contributed by atoms with van der Waals surface area (Å²) in [5.41, 5.74) is 5.17. The molecule has 0 saturated carbocycles. The molecule has 0 spiro atoms. The summed E-state index contributed by atoms with van der Waals surface area (Å²) in [6, 6.07) is 16.7. The Morgan fingerprint density at radius 3 is 2.56 bits per heavy atom. The van der Waals surface area contributed by atoms with Crippen LogP contribution >= 0.6 is 0 Å². The molecule has 0 fully saturated rings. The highest BCUT2D eigenvalue weighted by Crippen LogP contribution is 2.36. The molecule has 5 nitrogen and oxygen atoms in total. The summed E-state index contributed by atoms with van der Waals surface area (Å²) >= 11 is 0. The normalized spacial score (nSPS) is 15.5. The van der Waals surface area contributed by atoms with E-state index >= 15 is 0 Å². The van der Waals surface area contributed by atoms with Gasteiger partial charge in [-0.05, 0) is 37.5 Å². The molecule has 0 radical (unpaired) electrons. The SMILES string of the molecule is Cc1ccc(CNC(=O)c2cnc(N3c4ccccc4CC3C)nc2)cc1. The van der Waals surface area contributed by atoms with Crippen molar-refractivity contribution in [1.29, 1.82) is 0 Å². The predicted octanol–water partition coefficient (Wildman–Crippen LogP) is 3.80. The molecule has 1 unspecified atom stereocenters. The molecule has 27 heavy (non-hydrogen) atoms. The largest absolute Gasteiger partial charge is 0.348 e. The lowest BCUT2D eigenvalue weighted by Crippen LogP contribution is -2.27. The molecule has 3 aromatic rings. The summed E-state index contributed by atoms with van der Waals surface area (Å²) in [5.74, 6) is 0.458. The molecule has 0 bridgehead atoms. The maximum absolute atomic E-state index is 12.4. The molecule has 1 aromatic heterocycles. The maximum atomic E-state index is 12.4. The number of amides is 1. The molecule has 4 rings (SSSR count). The van der Waals surface area contributed by atoms with Gasteiger partial charge in [-0.25, -0.2) is 9.97 Å². The predicted molar refractivity (Wildman–Crippen MR) is 106 cm³/mol. The zero-order valence-electron chi connectivity index (χ0n) is 15.5. The molecule has 1 aliphatic rings. The Morgan fingerprint density at radius 2 is 1.81 bits per heavy atom. The number of fused-ring (bicyclic) bond motifs is 1. The van der Waals surface area contributed by atoms with E-state index in [-0.39, 0.29) is 5.91 Å². The average molecular weight is 358 g/mol. The second-order valence-corrected chi connectivity index (χ2v) is 6.99. The van der Waals surface area contributed by atoms with E-state index in [0.29, 0.717) is 24.1 Å². The third-order valence-electron chi connectivity index (χ3n) is 4.90. The molecule has 0 saturated heterocycles. The Hall–Kier alpha value is -3.21. The minimum Gasteiger partial charge on any atom is -0.348 e. The average Bonchev–Trinajstić information content (AvgIpc) is 3.03. The molecule has 1 N–H and O–H groups in total. The highest BCUT2D eigenvalue weighted by molar-refractivity contribution is 5.93. The van der Waals surface area contributed by atoms with Crippen molar-refractivity contribution in [2.75, 3.05) is 4.90 Å². The van der Waals surface area contributed by atoms with Gasteiger partial charge in [-0.2, -0.15) is 0 Å². The number of para-hydroxylation sites is 1. The van der Waals surface area contributed by atoms with Crippen LogP contribution in [0.4, 0.5) is 11.6 Å². The first-order chi connectivity index (χ1) is 13.1. The van der Waals surface area contributed by atoms with Gasteiger partial charge < -0.3 is 10.2 Å². The van der Waals surface area contributed by atoms with Gasteiger partial charge in [0, 0.05) is 30.7 Å². The summed E-state index contributed by atoms with van der Waals surface area (Å²) in [7, 11) is 0. The Balaban J connectivity index is 1.46. The fraction of sp³-hybridized carbons (Fsp3) is 0.227. The van der Waals surface area contributed by atoms with Gasteiger partial charge in [-0.1, -0.05) is 48.0 Å². The quantitative estimate of drug-likeness (QED) is 0.771. The zero-order chi connectivity index (χ0) is 18.8. The van der Waals surface area contributed by atoms with Crippen LogP contribution in [0.25, 0.3) is 0 Å². The number of carbonyl (C=O) groups is 1. The molecule has 2 heterocycles. The van der Waals surface area contributed by atoms with Crippen LogP contribution in [0.15, 0.2) is 60.9 Å². The Kier molecular flexibility index (Phi) is 4.59. The highest BCUT2D eigenvalue weighted by atomic mass is 16.1. The topological polar surface area (TPSA) is 58.1 Å².